The van der Waals surface area contributed by atoms with E-state index in [1.807, 2.05) is 0 Å². The van der Waals surface area contributed by atoms with Gasteiger partial charge in [0.1, 0.15) is 6.04 Å². The molecule has 0 radical (unpaired) electrons. The zero-order valence-corrected chi connectivity index (χ0v) is 10.4. The first-order valence-electron chi connectivity index (χ1n) is 5.24. The van der Waals surface area contributed by atoms with Gasteiger partial charge < -0.3 is 15.4 Å². The van der Waals surface area contributed by atoms with E-state index in [-0.39, 0.29) is 24.2 Å². The zero-order valence-electron chi connectivity index (χ0n) is 9.62. The minimum absolute atomic E-state index is 0. The highest BCUT2D eigenvalue weighted by atomic mass is 35.5. The Kier molecular flexibility index (Phi) is 7.08. The lowest BCUT2D eigenvalue weighted by Crippen LogP contribution is -2.46. The van der Waals surface area contributed by atoms with Crippen molar-refractivity contribution in [2.45, 2.75) is 25.8 Å². The van der Waals surface area contributed by atoms with Crippen molar-refractivity contribution in [2.75, 3.05) is 20.2 Å². The monoisotopic (exact) mass is 250 g/mol. The predicted molar refractivity (Wildman–Crippen MR) is 62.5 cm³/mol. The lowest BCUT2D eigenvalue weighted by atomic mass is 9.98. The Morgan fingerprint density at radius 1 is 1.50 bits per heavy atom. The van der Waals surface area contributed by atoms with Crippen molar-refractivity contribution in [3.63, 3.8) is 0 Å². The highest BCUT2D eigenvalue weighted by Crippen LogP contribution is 2.09. The Morgan fingerprint density at radius 2 is 2.19 bits per heavy atom. The Morgan fingerprint density at radius 3 is 2.69 bits per heavy atom. The van der Waals surface area contributed by atoms with Gasteiger partial charge in [-0.3, -0.25) is 4.79 Å². The summed E-state index contributed by atoms with van der Waals surface area (Å²) >= 11 is 0. The van der Waals surface area contributed by atoms with Crippen LogP contribution in [0.1, 0.15) is 19.8 Å². The summed E-state index contributed by atoms with van der Waals surface area (Å²) in [4.78, 5) is 22.7. The molecule has 94 valence electrons. The first-order chi connectivity index (χ1) is 7.15. The Bertz CT molecular complexity index is 242. The number of esters is 1. The quantitative estimate of drug-likeness (QED) is 0.697. The van der Waals surface area contributed by atoms with Gasteiger partial charge in [-0.25, -0.2) is 4.79 Å². The first-order valence-corrected chi connectivity index (χ1v) is 5.24. The fraction of sp³-hybridized carbons (Fsp3) is 0.800. The number of methoxy groups -OCH3 is 1. The molecule has 0 saturated carbocycles. The molecule has 0 bridgehead atoms. The van der Waals surface area contributed by atoms with Gasteiger partial charge in [0.2, 0.25) is 5.91 Å². The smallest absolute Gasteiger partial charge is 0.328 e. The van der Waals surface area contributed by atoms with Crippen molar-refractivity contribution in [3.05, 3.63) is 0 Å². The van der Waals surface area contributed by atoms with Crippen molar-refractivity contribution < 1.29 is 14.3 Å². The van der Waals surface area contributed by atoms with Gasteiger partial charge in [0.25, 0.3) is 0 Å². The Hall–Kier alpha value is -0.810. The molecule has 2 atom stereocenters. The lowest BCUT2D eigenvalue weighted by molar-refractivity contribution is -0.145. The van der Waals surface area contributed by atoms with Crippen molar-refractivity contribution in [3.8, 4) is 0 Å². The Balaban J connectivity index is 0.00000225. The van der Waals surface area contributed by atoms with Crippen LogP contribution >= 0.6 is 12.4 Å². The summed E-state index contributed by atoms with van der Waals surface area (Å²) in [6, 6.07) is -0.565. The van der Waals surface area contributed by atoms with Crippen LogP contribution in [0.15, 0.2) is 0 Å². The highest BCUT2D eigenvalue weighted by molar-refractivity contribution is 5.85. The third kappa shape index (κ3) is 4.37. The minimum atomic E-state index is -0.565. The number of hydrogen-bond donors (Lipinski definition) is 2. The molecule has 1 aliphatic rings. The maximum atomic E-state index is 11.7. The lowest BCUT2D eigenvalue weighted by Gasteiger charge is -2.23. The molecule has 5 nitrogen and oxygen atoms in total. The second-order valence-corrected chi connectivity index (χ2v) is 3.80. The normalized spacial score (nSPS) is 21.5. The van der Waals surface area contributed by atoms with E-state index in [9.17, 15) is 9.59 Å². The van der Waals surface area contributed by atoms with Gasteiger partial charge >= 0.3 is 5.97 Å². The van der Waals surface area contributed by atoms with Gasteiger partial charge in [-0.1, -0.05) is 0 Å². The molecule has 0 aromatic heterocycles. The van der Waals surface area contributed by atoms with Crippen LogP contribution in [0.4, 0.5) is 0 Å². The molecule has 0 unspecified atom stereocenters. The van der Waals surface area contributed by atoms with Crippen molar-refractivity contribution in [1.82, 2.24) is 10.6 Å². The van der Waals surface area contributed by atoms with E-state index in [0.29, 0.717) is 6.54 Å². The number of hydrogen-bond acceptors (Lipinski definition) is 4. The van der Waals surface area contributed by atoms with E-state index in [2.05, 4.69) is 15.4 Å². The van der Waals surface area contributed by atoms with Crippen LogP contribution in [0.2, 0.25) is 0 Å². The predicted octanol–water partition coefficient (Wildman–Crippen LogP) is 0.0855. The summed E-state index contributed by atoms with van der Waals surface area (Å²) in [5, 5.41) is 5.80. The maximum absolute atomic E-state index is 11.7. The second-order valence-electron chi connectivity index (χ2n) is 3.80. The molecule has 1 heterocycles. The molecule has 1 aliphatic heterocycles. The number of rotatable bonds is 3. The molecule has 16 heavy (non-hydrogen) atoms. The molecule has 1 fully saturated rings. The Labute approximate surface area is 102 Å². The van der Waals surface area contributed by atoms with Crippen LogP contribution in [-0.4, -0.2) is 38.1 Å². The van der Waals surface area contributed by atoms with Crippen LogP contribution in [0, 0.1) is 5.92 Å². The molecule has 0 aromatic rings. The van der Waals surface area contributed by atoms with Gasteiger partial charge in [0.15, 0.2) is 0 Å². The third-order valence-corrected chi connectivity index (χ3v) is 2.58. The molecule has 2 N–H and O–H groups in total. The van der Waals surface area contributed by atoms with Gasteiger partial charge in [-0.15, -0.1) is 12.4 Å². The third-order valence-electron chi connectivity index (χ3n) is 2.58. The molecule has 0 aliphatic carbocycles. The van der Waals surface area contributed by atoms with E-state index >= 15 is 0 Å². The average Bonchev–Trinajstić information content (AvgIpc) is 2.29. The van der Waals surface area contributed by atoms with Crippen LogP contribution in [0.25, 0.3) is 0 Å². The fourth-order valence-electron chi connectivity index (χ4n) is 1.64. The number of amides is 1. The van der Waals surface area contributed by atoms with E-state index in [1.54, 1.807) is 6.92 Å². The maximum Gasteiger partial charge on any atom is 0.328 e. The van der Waals surface area contributed by atoms with Gasteiger partial charge in [0.05, 0.1) is 13.0 Å². The minimum Gasteiger partial charge on any atom is -0.467 e. The van der Waals surface area contributed by atoms with E-state index in [4.69, 9.17) is 0 Å². The molecule has 0 spiro atoms. The molecule has 0 aromatic carbocycles. The zero-order chi connectivity index (χ0) is 11.3. The highest BCUT2D eigenvalue weighted by Gasteiger charge is 2.24. The number of carbonyl (C=O) groups excluding carboxylic acids is 2. The average molecular weight is 251 g/mol. The van der Waals surface area contributed by atoms with Gasteiger partial charge in [-0.05, 0) is 26.3 Å². The molecular formula is C10H19ClN2O3. The summed E-state index contributed by atoms with van der Waals surface area (Å²) in [5.41, 5.74) is 0. The van der Waals surface area contributed by atoms with Crippen molar-refractivity contribution >= 4 is 24.3 Å². The van der Waals surface area contributed by atoms with Crippen LogP contribution in [0.5, 0.6) is 0 Å². The summed E-state index contributed by atoms with van der Waals surface area (Å²) < 4.78 is 4.53. The van der Waals surface area contributed by atoms with Crippen molar-refractivity contribution in [2.24, 2.45) is 5.92 Å². The number of carbonyl (C=O) groups is 2. The van der Waals surface area contributed by atoms with Crippen LogP contribution in [-0.2, 0) is 14.3 Å². The summed E-state index contributed by atoms with van der Waals surface area (Å²) in [6.45, 7) is 3.29. The topological polar surface area (TPSA) is 67.4 Å². The van der Waals surface area contributed by atoms with Crippen LogP contribution < -0.4 is 10.6 Å². The largest absolute Gasteiger partial charge is 0.467 e. The first kappa shape index (κ1) is 15.2. The van der Waals surface area contributed by atoms with E-state index in [0.717, 1.165) is 19.4 Å². The van der Waals surface area contributed by atoms with Gasteiger partial charge in [0, 0.05) is 6.54 Å². The second kappa shape index (κ2) is 7.46. The SMILES string of the molecule is COC(=O)[C@H](C)NC(=O)[C@@H]1CCCNC1.Cl. The number of nitrogens with one attached hydrogen (secondary N) is 2. The molecule has 1 amide bonds. The number of ether oxygens (including phenoxy) is 1. The summed E-state index contributed by atoms with van der Waals surface area (Å²) in [5.74, 6) is -0.502. The number of halogens is 1. The van der Waals surface area contributed by atoms with Crippen molar-refractivity contribution in [1.29, 1.82) is 0 Å². The molecule has 6 heteroatoms. The van der Waals surface area contributed by atoms with E-state index < -0.39 is 12.0 Å². The van der Waals surface area contributed by atoms with Gasteiger partial charge in [-0.2, -0.15) is 0 Å². The van der Waals surface area contributed by atoms with E-state index in [1.165, 1.54) is 7.11 Å². The summed E-state index contributed by atoms with van der Waals surface area (Å²) in [6.07, 6.45) is 1.89. The van der Waals surface area contributed by atoms with Crippen LogP contribution in [0.3, 0.4) is 0 Å². The standard InChI is InChI=1S/C10H18N2O3.ClH/c1-7(10(14)15-2)12-9(13)8-4-3-5-11-6-8;/h7-8,11H,3-6H2,1-2H3,(H,12,13);1H/t7-,8+;/m0./s1. The molecular weight excluding hydrogens is 232 g/mol. The molecule has 1 saturated heterocycles. The summed E-state index contributed by atoms with van der Waals surface area (Å²) in [7, 11) is 1.31. The number of piperidine rings is 1. The fourth-order valence-corrected chi connectivity index (χ4v) is 1.64. The molecule has 1 rings (SSSR count).